The third-order valence-corrected chi connectivity index (χ3v) is 12.6. The molecule has 1 N–H and O–H groups in total. The van der Waals surface area contributed by atoms with E-state index in [1.165, 1.54) is 11.8 Å². The monoisotopic (exact) mass is 614 g/mol. The van der Waals surface area contributed by atoms with Gasteiger partial charge < -0.3 is 9.84 Å². The Labute approximate surface area is 263 Å². The van der Waals surface area contributed by atoms with Crippen molar-refractivity contribution < 1.29 is 19.4 Å². The lowest BCUT2D eigenvalue weighted by atomic mass is 9.44. The third kappa shape index (κ3) is 4.67. The van der Waals surface area contributed by atoms with Crippen molar-refractivity contribution in [3.63, 3.8) is 0 Å². The maximum atomic E-state index is 13.8. The van der Waals surface area contributed by atoms with Crippen LogP contribution in [0.3, 0.4) is 0 Å². The summed E-state index contributed by atoms with van der Waals surface area (Å²) in [5.41, 5.74) is -0.600. The van der Waals surface area contributed by atoms with Gasteiger partial charge in [0.25, 0.3) is 5.56 Å². The van der Waals surface area contributed by atoms with Gasteiger partial charge in [0.1, 0.15) is 11.9 Å². The molecule has 8 atom stereocenters. The van der Waals surface area contributed by atoms with Crippen LogP contribution < -0.4 is 5.56 Å². The average molecular weight is 615 g/mol. The Kier molecular flexibility index (Phi) is 7.90. The first-order chi connectivity index (χ1) is 21.0. The van der Waals surface area contributed by atoms with Crippen molar-refractivity contribution in [2.75, 3.05) is 5.75 Å². The van der Waals surface area contributed by atoms with Crippen LogP contribution >= 0.6 is 11.8 Å². The van der Waals surface area contributed by atoms with Crippen LogP contribution in [0.4, 0.5) is 0 Å². The fraction of sp³-hybridized carbons (Fsp3) is 0.500. The number of aliphatic hydroxyl groups excluding tert-OH is 1. The van der Waals surface area contributed by atoms with Crippen molar-refractivity contribution in [3.8, 4) is 5.69 Å². The number of ketones is 1. The van der Waals surface area contributed by atoms with E-state index in [0.29, 0.717) is 34.6 Å². The molecule has 7 nitrogen and oxygen atoms in total. The summed E-state index contributed by atoms with van der Waals surface area (Å²) in [7, 11) is 0. The minimum Gasteiger partial charge on any atom is -0.461 e. The van der Waals surface area contributed by atoms with Crippen LogP contribution in [0.25, 0.3) is 16.6 Å². The molecule has 3 fully saturated rings. The van der Waals surface area contributed by atoms with E-state index in [9.17, 15) is 19.5 Å². The van der Waals surface area contributed by atoms with Crippen molar-refractivity contribution in [2.45, 2.75) is 77.2 Å². The van der Waals surface area contributed by atoms with E-state index < -0.39 is 29.0 Å². The van der Waals surface area contributed by atoms with Gasteiger partial charge in [0.05, 0.1) is 28.4 Å². The van der Waals surface area contributed by atoms with Crippen LogP contribution in [0, 0.1) is 34.0 Å². The van der Waals surface area contributed by atoms with E-state index in [2.05, 4.69) is 27.4 Å². The van der Waals surface area contributed by atoms with E-state index in [1.54, 1.807) is 22.8 Å². The Hall–Kier alpha value is -3.23. The highest BCUT2D eigenvalue weighted by Crippen LogP contribution is 2.68. The normalized spacial score (nSPS) is 35.0. The number of para-hydroxylation sites is 2. The molecule has 8 heteroatoms. The number of ether oxygens (including phenoxy) is 1. The Morgan fingerprint density at radius 3 is 2.55 bits per heavy atom. The van der Waals surface area contributed by atoms with Gasteiger partial charge in [0.2, 0.25) is 0 Å². The number of nitrogens with zero attached hydrogens (tertiary/aromatic N) is 2. The lowest BCUT2D eigenvalue weighted by Crippen LogP contribution is -2.63. The fourth-order valence-corrected chi connectivity index (χ4v) is 9.63. The van der Waals surface area contributed by atoms with Gasteiger partial charge in [0, 0.05) is 23.2 Å². The quantitative estimate of drug-likeness (QED) is 0.149. The van der Waals surface area contributed by atoms with Crippen LogP contribution in [0.5, 0.6) is 0 Å². The molecule has 2 aromatic carbocycles. The second-order valence-corrected chi connectivity index (χ2v) is 14.7. The molecule has 0 saturated heterocycles. The zero-order chi connectivity index (χ0) is 31.4. The predicted molar refractivity (Wildman–Crippen MR) is 173 cm³/mol. The summed E-state index contributed by atoms with van der Waals surface area (Å²) in [6.07, 6.45) is 3.91. The largest absolute Gasteiger partial charge is 0.461 e. The minimum atomic E-state index is -0.718. The van der Waals surface area contributed by atoms with E-state index >= 15 is 0 Å². The van der Waals surface area contributed by atoms with E-state index in [4.69, 9.17) is 9.72 Å². The molecule has 232 valence electrons. The molecular weight excluding hydrogens is 572 g/mol. The molecule has 6 rings (SSSR count). The number of benzene rings is 2. The lowest BCUT2D eigenvalue weighted by Gasteiger charge is -2.61. The SMILES string of the molecule is C=C[C@]1(C)C[C@@H](OC(=O)CSc2nc3ccccc3c(=O)n2-c2ccccc2)[C@]2(C)[C@H](C)CC[C@]3(CCC(=O)[C@H]32)[C@@H](C)[C@@H]1O. The van der Waals surface area contributed by atoms with Crippen molar-refractivity contribution >= 4 is 34.4 Å². The fourth-order valence-electron chi connectivity index (χ4n) is 8.83. The van der Waals surface area contributed by atoms with E-state index in [0.717, 1.165) is 19.3 Å². The summed E-state index contributed by atoms with van der Waals surface area (Å²) in [5.74, 6) is -0.501. The molecule has 44 heavy (non-hydrogen) atoms. The van der Waals surface area contributed by atoms with Crippen molar-refractivity contribution in [3.05, 3.63) is 77.6 Å². The number of Topliss-reactive ketones (excluding diaryl/α,β-unsaturated/α-hetero) is 1. The number of aromatic nitrogens is 2. The number of fused-ring (bicyclic) bond motifs is 1. The molecule has 0 unspecified atom stereocenters. The van der Waals surface area contributed by atoms with Crippen LogP contribution in [0.1, 0.15) is 59.8 Å². The molecule has 2 bridgehead atoms. The molecule has 0 spiro atoms. The summed E-state index contributed by atoms with van der Waals surface area (Å²) < 4.78 is 7.96. The lowest BCUT2D eigenvalue weighted by molar-refractivity contribution is -0.205. The van der Waals surface area contributed by atoms with Gasteiger partial charge in [-0.25, -0.2) is 4.98 Å². The molecule has 1 aromatic heterocycles. The third-order valence-electron chi connectivity index (χ3n) is 11.7. The van der Waals surface area contributed by atoms with Crippen LogP contribution in [0.15, 0.2) is 77.2 Å². The maximum absolute atomic E-state index is 13.8. The number of rotatable bonds is 6. The predicted octanol–water partition coefficient (Wildman–Crippen LogP) is 6.38. The zero-order valence-electron chi connectivity index (χ0n) is 26.0. The highest BCUT2D eigenvalue weighted by atomic mass is 32.2. The van der Waals surface area contributed by atoms with Crippen LogP contribution in [-0.4, -0.2) is 44.4 Å². The number of hydrogen-bond donors (Lipinski definition) is 1. The van der Waals surface area contributed by atoms with Crippen LogP contribution in [-0.2, 0) is 14.3 Å². The second-order valence-electron chi connectivity index (χ2n) is 13.7. The minimum absolute atomic E-state index is 0.0634. The maximum Gasteiger partial charge on any atom is 0.316 e. The van der Waals surface area contributed by atoms with E-state index in [1.807, 2.05) is 49.4 Å². The van der Waals surface area contributed by atoms with Gasteiger partial charge in [-0.05, 0) is 67.2 Å². The van der Waals surface area contributed by atoms with Gasteiger partial charge >= 0.3 is 5.97 Å². The Morgan fingerprint density at radius 2 is 1.82 bits per heavy atom. The first-order valence-electron chi connectivity index (χ1n) is 15.7. The standard InChI is InChI=1S/C36H42N2O5S/c1-6-34(4)20-28(35(5)22(2)16-18-36(23(3)31(34)41)19-17-27(39)30(35)36)43-29(40)21-44-33-37-26-15-11-10-14-25(26)32(42)38(33)24-12-8-7-9-13-24/h6-15,22-23,28,30-31,41H,1,16-21H2,2-5H3/t22-,23+,28-,30+,31+,34-,35+,36+/m1/s1. The first-order valence-corrected chi connectivity index (χ1v) is 16.7. The molecule has 3 aliphatic carbocycles. The van der Waals surface area contributed by atoms with E-state index in [-0.39, 0.29) is 40.3 Å². The highest BCUT2D eigenvalue weighted by Gasteiger charge is 2.68. The van der Waals surface area contributed by atoms with Gasteiger partial charge in [-0.3, -0.25) is 19.0 Å². The molecule has 1 heterocycles. The van der Waals surface area contributed by atoms with Gasteiger partial charge in [-0.1, -0.05) is 75.9 Å². The summed E-state index contributed by atoms with van der Waals surface area (Å²) in [6.45, 7) is 12.5. The average Bonchev–Trinajstić information content (AvgIpc) is 3.38. The molecule has 3 aromatic rings. The summed E-state index contributed by atoms with van der Waals surface area (Å²) in [5, 5.41) is 12.7. The van der Waals surface area contributed by atoms with Gasteiger partial charge in [0.15, 0.2) is 5.16 Å². The zero-order valence-corrected chi connectivity index (χ0v) is 26.8. The number of aliphatic hydroxyl groups is 1. The molecule has 0 amide bonds. The molecule has 0 radical (unpaired) electrons. The van der Waals surface area contributed by atoms with Crippen molar-refractivity contribution in [2.24, 2.45) is 34.0 Å². The van der Waals surface area contributed by atoms with Crippen molar-refractivity contribution in [1.29, 1.82) is 0 Å². The van der Waals surface area contributed by atoms with Crippen molar-refractivity contribution in [1.82, 2.24) is 9.55 Å². The molecule has 3 aliphatic rings. The number of thioether (sulfide) groups is 1. The Bertz CT molecular complexity index is 1670. The van der Waals surface area contributed by atoms with Crippen LogP contribution in [0.2, 0.25) is 0 Å². The van der Waals surface area contributed by atoms with Gasteiger partial charge in [-0.2, -0.15) is 0 Å². The Balaban J connectivity index is 1.35. The summed E-state index contributed by atoms with van der Waals surface area (Å²) in [4.78, 5) is 45.8. The summed E-state index contributed by atoms with van der Waals surface area (Å²) >= 11 is 1.17. The number of hydrogen-bond acceptors (Lipinski definition) is 7. The first kappa shape index (κ1) is 30.8. The number of esters is 1. The molecule has 0 aliphatic heterocycles. The second kappa shape index (κ2) is 11.3. The number of carbonyl (C=O) groups excluding carboxylic acids is 2. The van der Waals surface area contributed by atoms with Gasteiger partial charge in [-0.15, -0.1) is 6.58 Å². The highest BCUT2D eigenvalue weighted by molar-refractivity contribution is 7.99. The smallest absolute Gasteiger partial charge is 0.316 e. The summed E-state index contributed by atoms with van der Waals surface area (Å²) in [6, 6.07) is 16.5. The Morgan fingerprint density at radius 1 is 1.11 bits per heavy atom. The molecule has 3 saturated carbocycles. The number of carbonyl (C=O) groups is 2. The topological polar surface area (TPSA) is 98.5 Å². The molecular formula is C36H42N2O5S.